The number of benzene rings is 2. The van der Waals surface area contributed by atoms with Gasteiger partial charge in [0.25, 0.3) is 0 Å². The third kappa shape index (κ3) is 4.84. The summed E-state index contributed by atoms with van der Waals surface area (Å²) in [7, 11) is 1.59. The van der Waals surface area contributed by atoms with Crippen molar-refractivity contribution in [2.45, 2.75) is 27.3 Å². The van der Waals surface area contributed by atoms with Gasteiger partial charge in [-0.2, -0.15) is 0 Å². The van der Waals surface area contributed by atoms with Crippen LogP contribution in [0.25, 0.3) is 11.0 Å². The largest absolute Gasteiger partial charge is 0.497 e. The standard InChI is InChI=1S/C23H26N2O4/c1-5-25(14-21(26)24-18-7-6-8-19(12-18)28-4)13-17-11-22(27)29-23-16(3)15(2)9-10-20(17)23/h6-12H,5,13-14H2,1-4H3,(H,24,26). The van der Waals surface area contributed by atoms with Crippen molar-refractivity contribution < 1.29 is 13.9 Å². The molecule has 0 spiro atoms. The Bertz CT molecular complexity index is 1090. The summed E-state index contributed by atoms with van der Waals surface area (Å²) in [6.07, 6.45) is 0. The number of anilines is 1. The van der Waals surface area contributed by atoms with Crippen LogP contribution in [0.2, 0.25) is 0 Å². The summed E-state index contributed by atoms with van der Waals surface area (Å²) < 4.78 is 10.6. The second-order valence-corrected chi connectivity index (χ2v) is 7.06. The van der Waals surface area contributed by atoms with Crippen molar-refractivity contribution >= 4 is 22.6 Å². The summed E-state index contributed by atoms with van der Waals surface area (Å²) in [5, 5.41) is 3.79. The highest BCUT2D eigenvalue weighted by atomic mass is 16.5. The topological polar surface area (TPSA) is 71.8 Å². The van der Waals surface area contributed by atoms with Gasteiger partial charge in [0.1, 0.15) is 11.3 Å². The van der Waals surface area contributed by atoms with Crippen LogP contribution in [0.5, 0.6) is 5.75 Å². The van der Waals surface area contributed by atoms with E-state index in [9.17, 15) is 9.59 Å². The van der Waals surface area contributed by atoms with E-state index in [1.807, 2.05) is 56.0 Å². The van der Waals surface area contributed by atoms with Crippen LogP contribution in [-0.4, -0.2) is 31.0 Å². The Balaban J connectivity index is 1.78. The lowest BCUT2D eigenvalue weighted by atomic mass is 10.0. The van der Waals surface area contributed by atoms with E-state index in [-0.39, 0.29) is 18.1 Å². The molecule has 152 valence electrons. The van der Waals surface area contributed by atoms with Gasteiger partial charge in [-0.3, -0.25) is 9.69 Å². The van der Waals surface area contributed by atoms with Gasteiger partial charge in [0, 0.05) is 29.8 Å². The highest BCUT2D eigenvalue weighted by molar-refractivity contribution is 5.92. The van der Waals surface area contributed by atoms with Crippen LogP contribution in [0.4, 0.5) is 5.69 Å². The van der Waals surface area contributed by atoms with Crippen LogP contribution in [-0.2, 0) is 11.3 Å². The normalized spacial score (nSPS) is 11.1. The number of nitrogens with zero attached hydrogens (tertiary/aromatic N) is 1. The predicted octanol–water partition coefficient (Wildman–Crippen LogP) is 3.88. The van der Waals surface area contributed by atoms with Crippen LogP contribution in [0.15, 0.2) is 51.7 Å². The zero-order valence-corrected chi connectivity index (χ0v) is 17.2. The third-order valence-corrected chi connectivity index (χ3v) is 5.08. The second kappa shape index (κ2) is 8.92. The Labute approximate surface area is 170 Å². The van der Waals surface area contributed by atoms with Gasteiger partial charge in [-0.15, -0.1) is 0 Å². The Hall–Kier alpha value is -3.12. The Morgan fingerprint density at radius 3 is 2.69 bits per heavy atom. The summed E-state index contributed by atoms with van der Waals surface area (Å²) in [5.41, 5.74) is 3.81. The number of hydrogen-bond acceptors (Lipinski definition) is 5. The molecule has 0 atom stereocenters. The molecule has 3 rings (SSSR count). The molecular weight excluding hydrogens is 368 g/mol. The minimum Gasteiger partial charge on any atom is -0.497 e. The Morgan fingerprint density at radius 1 is 1.17 bits per heavy atom. The molecule has 0 fully saturated rings. The molecule has 2 aromatic carbocycles. The van der Waals surface area contributed by atoms with E-state index in [2.05, 4.69) is 5.32 Å². The number of carbonyl (C=O) groups is 1. The lowest BCUT2D eigenvalue weighted by Crippen LogP contribution is -2.33. The second-order valence-electron chi connectivity index (χ2n) is 7.06. The first-order valence-corrected chi connectivity index (χ1v) is 9.60. The average molecular weight is 394 g/mol. The number of rotatable bonds is 7. The first-order valence-electron chi connectivity index (χ1n) is 9.60. The van der Waals surface area contributed by atoms with E-state index in [1.54, 1.807) is 13.2 Å². The summed E-state index contributed by atoms with van der Waals surface area (Å²) in [5.74, 6) is 0.558. The van der Waals surface area contributed by atoms with Crippen LogP contribution < -0.4 is 15.7 Å². The van der Waals surface area contributed by atoms with Gasteiger partial charge in [-0.1, -0.05) is 25.1 Å². The van der Waals surface area contributed by atoms with Crippen molar-refractivity contribution in [3.8, 4) is 5.75 Å². The van der Waals surface area contributed by atoms with E-state index in [0.717, 1.165) is 22.1 Å². The first-order chi connectivity index (χ1) is 13.9. The monoisotopic (exact) mass is 394 g/mol. The van der Waals surface area contributed by atoms with Crippen molar-refractivity contribution in [3.05, 3.63) is 69.6 Å². The maximum absolute atomic E-state index is 12.5. The van der Waals surface area contributed by atoms with Crippen molar-refractivity contribution in [2.75, 3.05) is 25.5 Å². The van der Waals surface area contributed by atoms with E-state index in [4.69, 9.17) is 9.15 Å². The number of methoxy groups -OCH3 is 1. The number of fused-ring (bicyclic) bond motifs is 1. The molecule has 6 nitrogen and oxygen atoms in total. The molecule has 0 unspecified atom stereocenters. The molecule has 1 N–H and O–H groups in total. The molecular formula is C23H26N2O4. The summed E-state index contributed by atoms with van der Waals surface area (Å²) >= 11 is 0. The van der Waals surface area contributed by atoms with E-state index >= 15 is 0 Å². The third-order valence-electron chi connectivity index (χ3n) is 5.08. The minimum absolute atomic E-state index is 0.126. The number of nitrogens with one attached hydrogen (secondary N) is 1. The van der Waals surface area contributed by atoms with Crippen LogP contribution >= 0.6 is 0 Å². The quantitative estimate of drug-likeness (QED) is 0.616. The summed E-state index contributed by atoms with van der Waals surface area (Å²) in [6.45, 7) is 7.28. The molecule has 0 aliphatic carbocycles. The number of amides is 1. The zero-order valence-electron chi connectivity index (χ0n) is 17.2. The first kappa shape index (κ1) is 20.6. The Morgan fingerprint density at radius 2 is 1.97 bits per heavy atom. The summed E-state index contributed by atoms with van der Waals surface area (Å²) in [6, 6.07) is 12.7. The maximum Gasteiger partial charge on any atom is 0.336 e. The summed E-state index contributed by atoms with van der Waals surface area (Å²) in [4.78, 5) is 26.6. The molecule has 1 amide bonds. The van der Waals surface area contributed by atoms with Crippen molar-refractivity contribution in [1.29, 1.82) is 0 Å². The van der Waals surface area contributed by atoms with Gasteiger partial charge in [0.05, 0.1) is 13.7 Å². The van der Waals surface area contributed by atoms with Crippen molar-refractivity contribution in [2.24, 2.45) is 0 Å². The molecule has 0 aliphatic heterocycles. The van der Waals surface area contributed by atoms with Crippen LogP contribution in [0.3, 0.4) is 0 Å². The maximum atomic E-state index is 12.5. The van der Waals surface area contributed by atoms with E-state index in [1.165, 1.54) is 6.07 Å². The number of ether oxygens (including phenoxy) is 1. The molecule has 1 heterocycles. The molecule has 6 heteroatoms. The molecule has 1 aromatic heterocycles. The number of hydrogen-bond donors (Lipinski definition) is 1. The van der Waals surface area contributed by atoms with Gasteiger partial charge >= 0.3 is 5.63 Å². The van der Waals surface area contributed by atoms with Gasteiger partial charge in [0.2, 0.25) is 5.91 Å². The number of aryl methyl sites for hydroxylation is 2. The van der Waals surface area contributed by atoms with Gasteiger partial charge in [0.15, 0.2) is 0 Å². The molecule has 3 aromatic rings. The molecule has 0 bridgehead atoms. The van der Waals surface area contributed by atoms with E-state index in [0.29, 0.717) is 30.1 Å². The van der Waals surface area contributed by atoms with Crippen LogP contribution in [0.1, 0.15) is 23.6 Å². The van der Waals surface area contributed by atoms with Gasteiger partial charge in [-0.25, -0.2) is 4.79 Å². The molecule has 0 saturated carbocycles. The SMILES string of the molecule is CCN(CC(=O)Nc1cccc(OC)c1)Cc1cc(=O)oc2c(C)c(C)ccc12. The number of likely N-dealkylation sites (N-methyl/N-ethyl adjacent to an activating group) is 1. The number of carbonyl (C=O) groups excluding carboxylic acids is 1. The lowest BCUT2D eigenvalue weighted by Gasteiger charge is -2.21. The molecule has 0 aliphatic rings. The van der Waals surface area contributed by atoms with Gasteiger partial charge in [-0.05, 0) is 49.2 Å². The van der Waals surface area contributed by atoms with E-state index < -0.39 is 0 Å². The average Bonchev–Trinajstić information content (AvgIpc) is 2.70. The predicted molar refractivity (Wildman–Crippen MR) is 115 cm³/mol. The van der Waals surface area contributed by atoms with Gasteiger partial charge < -0.3 is 14.5 Å². The lowest BCUT2D eigenvalue weighted by molar-refractivity contribution is -0.117. The highest BCUT2D eigenvalue weighted by Crippen LogP contribution is 2.24. The smallest absolute Gasteiger partial charge is 0.336 e. The fourth-order valence-electron chi connectivity index (χ4n) is 3.28. The molecule has 29 heavy (non-hydrogen) atoms. The highest BCUT2D eigenvalue weighted by Gasteiger charge is 2.15. The minimum atomic E-state index is -0.377. The van der Waals surface area contributed by atoms with Crippen molar-refractivity contribution in [1.82, 2.24) is 4.90 Å². The zero-order chi connectivity index (χ0) is 21.0. The van der Waals surface area contributed by atoms with Crippen molar-refractivity contribution in [3.63, 3.8) is 0 Å². The fourth-order valence-corrected chi connectivity index (χ4v) is 3.28. The van der Waals surface area contributed by atoms with Crippen LogP contribution in [0, 0.1) is 13.8 Å². The fraction of sp³-hybridized carbons (Fsp3) is 0.304. The Kier molecular flexibility index (Phi) is 6.34. The molecule has 0 saturated heterocycles. The molecule has 0 radical (unpaired) electrons.